The van der Waals surface area contributed by atoms with Crippen molar-refractivity contribution in [1.29, 1.82) is 0 Å². The van der Waals surface area contributed by atoms with Crippen molar-refractivity contribution in [2.75, 3.05) is 30.7 Å². The topological polar surface area (TPSA) is 86.8 Å². The molecule has 1 atom stereocenters. The summed E-state index contributed by atoms with van der Waals surface area (Å²) in [7, 11) is -3.54. The molecule has 2 aromatic rings. The normalized spacial score (nSPS) is 21.8. The molecular weight excluding hydrogens is 493 g/mol. The maximum absolute atomic E-state index is 14.5. The number of anilines is 1. The van der Waals surface area contributed by atoms with Crippen molar-refractivity contribution in [3.05, 3.63) is 52.8 Å². The fourth-order valence-corrected chi connectivity index (χ4v) is 7.35. The Hall–Kier alpha value is -2.49. The number of hydrogen-bond acceptors (Lipinski definition) is 4. The first-order valence-corrected chi connectivity index (χ1v) is 13.9. The molecule has 1 N–H and O–H groups in total. The predicted octanol–water partition coefficient (Wildman–Crippen LogP) is 4.13. The molecule has 0 bridgehead atoms. The summed E-state index contributed by atoms with van der Waals surface area (Å²) in [6.45, 7) is 0.185. The van der Waals surface area contributed by atoms with E-state index in [9.17, 15) is 22.4 Å². The Morgan fingerprint density at radius 3 is 2.51 bits per heavy atom. The van der Waals surface area contributed by atoms with Gasteiger partial charge in [0.25, 0.3) is 5.91 Å². The number of piperazine rings is 1. The van der Waals surface area contributed by atoms with Crippen molar-refractivity contribution in [3.63, 3.8) is 0 Å². The molecule has 186 valence electrons. The van der Waals surface area contributed by atoms with Gasteiger partial charge in [-0.05, 0) is 54.7 Å². The highest BCUT2D eigenvalue weighted by atomic mass is 35.5. The van der Waals surface area contributed by atoms with Crippen molar-refractivity contribution in [2.24, 2.45) is 5.92 Å². The van der Waals surface area contributed by atoms with Crippen LogP contribution in [0.3, 0.4) is 0 Å². The molecule has 2 fully saturated rings. The summed E-state index contributed by atoms with van der Waals surface area (Å²) < 4.78 is 42.1. The maximum atomic E-state index is 14.5. The van der Waals surface area contributed by atoms with E-state index in [0.29, 0.717) is 11.3 Å². The zero-order valence-corrected chi connectivity index (χ0v) is 20.7. The molecule has 5 rings (SSSR count). The Balaban J connectivity index is 1.39. The molecule has 2 heterocycles. The third-order valence-corrected chi connectivity index (χ3v) is 9.47. The van der Waals surface area contributed by atoms with Crippen LogP contribution in [0.2, 0.25) is 5.02 Å². The Morgan fingerprint density at radius 1 is 1.00 bits per heavy atom. The van der Waals surface area contributed by atoms with Gasteiger partial charge in [-0.25, -0.2) is 12.8 Å². The van der Waals surface area contributed by atoms with Gasteiger partial charge in [0.15, 0.2) is 0 Å². The van der Waals surface area contributed by atoms with Crippen LogP contribution in [0.4, 0.5) is 10.1 Å². The molecule has 2 aromatic carbocycles. The quantitative estimate of drug-likeness (QED) is 0.658. The molecule has 7 nitrogen and oxygen atoms in total. The summed E-state index contributed by atoms with van der Waals surface area (Å²) in [5.74, 6) is -1.10. The molecule has 1 aliphatic carbocycles. The monoisotopic (exact) mass is 519 g/mol. The van der Waals surface area contributed by atoms with E-state index in [1.807, 2.05) is 0 Å². The SMILES string of the molecule is O=C1Nc2ccc(-c3ccc(Cl)cc3F)cc2C(=O)N2CCN(S(=O)(=O)CC3CCCCC3)CC12. The second-order valence-corrected chi connectivity index (χ2v) is 12.0. The van der Waals surface area contributed by atoms with Crippen molar-refractivity contribution in [1.82, 2.24) is 9.21 Å². The third-order valence-electron chi connectivity index (χ3n) is 7.22. The van der Waals surface area contributed by atoms with E-state index in [0.717, 1.165) is 32.1 Å². The summed E-state index contributed by atoms with van der Waals surface area (Å²) in [5, 5.41) is 3.04. The lowest BCUT2D eigenvalue weighted by Gasteiger charge is -2.39. The molecule has 2 amide bonds. The predicted molar refractivity (Wildman–Crippen MR) is 132 cm³/mol. The first kappa shape index (κ1) is 24.2. The molecule has 0 aromatic heterocycles. The van der Waals surface area contributed by atoms with E-state index < -0.39 is 27.8 Å². The van der Waals surface area contributed by atoms with Gasteiger partial charge in [0.2, 0.25) is 15.9 Å². The van der Waals surface area contributed by atoms with Crippen LogP contribution in [0.25, 0.3) is 11.1 Å². The number of carbonyl (C=O) groups is 2. The van der Waals surface area contributed by atoms with E-state index in [1.165, 1.54) is 21.3 Å². The molecule has 0 radical (unpaired) electrons. The van der Waals surface area contributed by atoms with Crippen LogP contribution in [0.1, 0.15) is 42.5 Å². The van der Waals surface area contributed by atoms with Gasteiger partial charge in [-0.1, -0.05) is 36.9 Å². The Morgan fingerprint density at radius 2 is 1.77 bits per heavy atom. The Bertz CT molecular complexity index is 1280. The lowest BCUT2D eigenvalue weighted by molar-refractivity contribution is -0.121. The number of halogens is 2. The smallest absolute Gasteiger partial charge is 0.256 e. The van der Waals surface area contributed by atoms with Crippen molar-refractivity contribution >= 4 is 39.1 Å². The number of nitrogens with one attached hydrogen (secondary N) is 1. The van der Waals surface area contributed by atoms with Crippen molar-refractivity contribution in [2.45, 2.75) is 38.1 Å². The fraction of sp³-hybridized carbons (Fsp3) is 0.440. The van der Waals surface area contributed by atoms with Crippen LogP contribution < -0.4 is 5.32 Å². The lowest BCUT2D eigenvalue weighted by atomic mass is 9.91. The van der Waals surface area contributed by atoms with E-state index in [4.69, 9.17) is 11.6 Å². The Labute approximate surface area is 209 Å². The number of fused-ring (bicyclic) bond motifs is 2. The lowest BCUT2D eigenvalue weighted by Crippen LogP contribution is -2.59. The molecule has 3 aliphatic rings. The summed E-state index contributed by atoms with van der Waals surface area (Å²) in [6.07, 6.45) is 5.06. The fourth-order valence-electron chi connectivity index (χ4n) is 5.33. The van der Waals surface area contributed by atoms with Gasteiger partial charge in [-0.15, -0.1) is 0 Å². The first-order chi connectivity index (χ1) is 16.7. The average molecular weight is 520 g/mol. The second kappa shape index (κ2) is 9.52. The van der Waals surface area contributed by atoms with Gasteiger partial charge >= 0.3 is 0 Å². The number of sulfonamides is 1. The average Bonchev–Trinajstić information content (AvgIpc) is 2.93. The third kappa shape index (κ3) is 4.81. The van der Waals surface area contributed by atoms with Crippen LogP contribution in [0.5, 0.6) is 0 Å². The minimum absolute atomic E-state index is 0.0702. The summed E-state index contributed by atoms with van der Waals surface area (Å²) in [6, 6.07) is 8.14. The van der Waals surface area contributed by atoms with E-state index in [2.05, 4.69) is 5.32 Å². The molecule has 1 unspecified atom stereocenters. The molecule has 35 heavy (non-hydrogen) atoms. The van der Waals surface area contributed by atoms with E-state index >= 15 is 0 Å². The first-order valence-electron chi connectivity index (χ1n) is 11.9. The van der Waals surface area contributed by atoms with E-state index in [-0.39, 0.29) is 53.4 Å². The number of amides is 2. The molecule has 1 saturated carbocycles. The second-order valence-electron chi connectivity index (χ2n) is 9.53. The van der Waals surface area contributed by atoms with Crippen LogP contribution in [0.15, 0.2) is 36.4 Å². The van der Waals surface area contributed by atoms with Crippen LogP contribution in [-0.2, 0) is 14.8 Å². The highest BCUT2D eigenvalue weighted by Crippen LogP contribution is 2.33. The van der Waals surface area contributed by atoms with Gasteiger partial charge in [0.05, 0.1) is 17.0 Å². The van der Waals surface area contributed by atoms with Crippen LogP contribution >= 0.6 is 11.6 Å². The minimum atomic E-state index is -3.54. The van der Waals surface area contributed by atoms with Crippen LogP contribution in [-0.4, -0.2) is 60.9 Å². The minimum Gasteiger partial charge on any atom is -0.324 e. The summed E-state index contributed by atoms with van der Waals surface area (Å²) >= 11 is 5.86. The molecule has 10 heteroatoms. The number of benzene rings is 2. The Kier molecular flexibility index (Phi) is 6.59. The summed E-state index contributed by atoms with van der Waals surface area (Å²) in [4.78, 5) is 28.0. The number of nitrogens with zero attached hydrogens (tertiary/aromatic N) is 2. The largest absolute Gasteiger partial charge is 0.324 e. The molecular formula is C25H27ClFN3O4S. The highest BCUT2D eigenvalue weighted by molar-refractivity contribution is 7.89. The van der Waals surface area contributed by atoms with Crippen molar-refractivity contribution < 1.29 is 22.4 Å². The zero-order valence-electron chi connectivity index (χ0n) is 19.2. The van der Waals surface area contributed by atoms with E-state index in [1.54, 1.807) is 24.3 Å². The van der Waals surface area contributed by atoms with Gasteiger partial charge in [-0.2, -0.15) is 4.31 Å². The highest BCUT2D eigenvalue weighted by Gasteiger charge is 2.42. The van der Waals surface area contributed by atoms with Gasteiger partial charge < -0.3 is 10.2 Å². The standard InChI is InChI=1S/C25H27ClFN3O4S/c26-18-7-8-19(21(27)13-18)17-6-9-22-20(12-17)25(32)30-11-10-29(14-23(30)24(31)28-22)35(33,34)15-16-4-2-1-3-5-16/h6-9,12-13,16,23H,1-5,10-11,14-15H2,(H,28,31). The van der Waals surface area contributed by atoms with Gasteiger partial charge in [-0.3, -0.25) is 9.59 Å². The number of rotatable bonds is 4. The molecule has 0 spiro atoms. The number of carbonyl (C=O) groups excluding carboxylic acids is 2. The molecule has 1 saturated heterocycles. The van der Waals surface area contributed by atoms with Gasteiger partial charge in [0.1, 0.15) is 11.9 Å². The van der Waals surface area contributed by atoms with Crippen molar-refractivity contribution in [3.8, 4) is 11.1 Å². The molecule has 2 aliphatic heterocycles. The maximum Gasteiger partial charge on any atom is 0.256 e. The van der Waals surface area contributed by atoms with Gasteiger partial charge in [0, 0.05) is 30.2 Å². The number of hydrogen-bond donors (Lipinski definition) is 1. The summed E-state index contributed by atoms with van der Waals surface area (Å²) in [5.41, 5.74) is 1.33. The zero-order chi connectivity index (χ0) is 24.7. The van der Waals surface area contributed by atoms with Crippen LogP contribution in [0, 0.1) is 11.7 Å².